The summed E-state index contributed by atoms with van der Waals surface area (Å²) >= 11 is 10.9. The summed E-state index contributed by atoms with van der Waals surface area (Å²) in [5.74, 6) is -0.176. The van der Waals surface area contributed by atoms with E-state index in [0.717, 1.165) is 5.56 Å². The molecule has 3 N–H and O–H groups in total. The van der Waals surface area contributed by atoms with Crippen LogP contribution in [0.5, 0.6) is 0 Å². The van der Waals surface area contributed by atoms with Crippen LogP contribution >= 0.6 is 23.8 Å². The molecule has 3 nitrogen and oxygen atoms in total. The van der Waals surface area contributed by atoms with Crippen molar-refractivity contribution in [2.24, 2.45) is 11.1 Å². The van der Waals surface area contributed by atoms with E-state index >= 15 is 0 Å². The number of carbonyl (C=O) groups excluding carboxylic acids is 1. The summed E-state index contributed by atoms with van der Waals surface area (Å²) in [7, 11) is 0. The van der Waals surface area contributed by atoms with E-state index in [-0.39, 0.29) is 5.91 Å². The standard InChI is InChI=1S/C13H17ClN2OS/c1-8-4-9(6-10(14)5-8)11(17)16-7-13(2,3)12(15)18/h4-6H,7H2,1-3H3,(H2,15,18)(H,16,17). The van der Waals surface area contributed by atoms with Gasteiger partial charge in [-0.1, -0.05) is 37.7 Å². The fraction of sp³-hybridized carbons (Fsp3) is 0.385. The van der Waals surface area contributed by atoms with E-state index in [1.165, 1.54) is 0 Å². The van der Waals surface area contributed by atoms with E-state index in [4.69, 9.17) is 29.6 Å². The molecule has 1 aromatic rings. The predicted octanol–water partition coefficient (Wildman–Crippen LogP) is 2.69. The molecule has 0 aliphatic rings. The van der Waals surface area contributed by atoms with Crippen molar-refractivity contribution in [1.82, 2.24) is 5.32 Å². The number of hydrogen-bond acceptors (Lipinski definition) is 2. The highest BCUT2D eigenvalue weighted by Crippen LogP contribution is 2.16. The lowest BCUT2D eigenvalue weighted by Gasteiger charge is -2.23. The maximum atomic E-state index is 12.0. The molecule has 0 fully saturated rings. The summed E-state index contributed by atoms with van der Waals surface area (Å²) in [4.78, 5) is 12.3. The fourth-order valence-electron chi connectivity index (χ4n) is 1.36. The van der Waals surface area contributed by atoms with Crippen LogP contribution in [0.1, 0.15) is 29.8 Å². The van der Waals surface area contributed by atoms with Crippen molar-refractivity contribution in [3.8, 4) is 0 Å². The maximum Gasteiger partial charge on any atom is 0.251 e. The Morgan fingerprint density at radius 1 is 1.44 bits per heavy atom. The highest BCUT2D eigenvalue weighted by atomic mass is 35.5. The number of rotatable bonds is 4. The molecule has 1 amide bonds. The van der Waals surface area contributed by atoms with Gasteiger partial charge in [0, 0.05) is 22.5 Å². The van der Waals surface area contributed by atoms with Gasteiger partial charge in [-0.15, -0.1) is 0 Å². The predicted molar refractivity (Wildman–Crippen MR) is 79.1 cm³/mol. The van der Waals surface area contributed by atoms with E-state index in [9.17, 15) is 4.79 Å². The molecule has 1 aromatic carbocycles. The minimum atomic E-state index is -0.404. The van der Waals surface area contributed by atoms with Gasteiger partial charge in [0.25, 0.3) is 5.91 Å². The monoisotopic (exact) mass is 284 g/mol. The lowest BCUT2D eigenvalue weighted by Crippen LogP contribution is -2.41. The lowest BCUT2D eigenvalue weighted by molar-refractivity contribution is 0.0945. The summed E-state index contributed by atoms with van der Waals surface area (Å²) < 4.78 is 0. The summed E-state index contributed by atoms with van der Waals surface area (Å²) in [6, 6.07) is 5.23. The summed E-state index contributed by atoms with van der Waals surface area (Å²) in [5.41, 5.74) is 6.68. The van der Waals surface area contributed by atoms with Gasteiger partial charge in [0.2, 0.25) is 0 Å². The van der Waals surface area contributed by atoms with Crippen LogP contribution in [-0.4, -0.2) is 17.4 Å². The largest absolute Gasteiger partial charge is 0.393 e. The number of nitrogens with two attached hydrogens (primary N) is 1. The average molecular weight is 285 g/mol. The molecule has 0 aliphatic carbocycles. The first kappa shape index (κ1) is 14.9. The zero-order chi connectivity index (χ0) is 13.9. The normalized spacial score (nSPS) is 11.1. The van der Waals surface area contributed by atoms with Crippen LogP contribution in [-0.2, 0) is 0 Å². The molecule has 0 radical (unpaired) electrons. The highest BCUT2D eigenvalue weighted by molar-refractivity contribution is 7.80. The smallest absolute Gasteiger partial charge is 0.251 e. The average Bonchev–Trinajstić information content (AvgIpc) is 2.24. The van der Waals surface area contributed by atoms with Gasteiger partial charge in [0.1, 0.15) is 0 Å². The Labute approximate surface area is 118 Å². The molecule has 0 heterocycles. The van der Waals surface area contributed by atoms with Gasteiger partial charge in [-0.25, -0.2) is 0 Å². The lowest BCUT2D eigenvalue weighted by atomic mass is 9.93. The van der Waals surface area contributed by atoms with Gasteiger partial charge in [-0.2, -0.15) is 0 Å². The van der Waals surface area contributed by atoms with Crippen molar-refractivity contribution < 1.29 is 4.79 Å². The number of thiocarbonyl (C=S) groups is 1. The molecular formula is C13H17ClN2OS. The second kappa shape index (κ2) is 5.67. The summed E-state index contributed by atoms with van der Waals surface area (Å²) in [5, 5.41) is 3.36. The molecule has 0 aliphatic heterocycles. The SMILES string of the molecule is Cc1cc(Cl)cc(C(=O)NCC(C)(C)C(N)=S)c1. The minimum Gasteiger partial charge on any atom is -0.393 e. The van der Waals surface area contributed by atoms with E-state index in [0.29, 0.717) is 22.1 Å². The number of aryl methyl sites for hydroxylation is 1. The first-order valence-corrected chi connectivity index (χ1v) is 6.36. The fourth-order valence-corrected chi connectivity index (χ4v) is 1.72. The number of hydrogen-bond donors (Lipinski definition) is 2. The van der Waals surface area contributed by atoms with Crippen molar-refractivity contribution >= 4 is 34.7 Å². The molecule has 0 atom stereocenters. The van der Waals surface area contributed by atoms with Crippen LogP contribution in [0.4, 0.5) is 0 Å². The van der Waals surface area contributed by atoms with Crippen LogP contribution < -0.4 is 11.1 Å². The van der Waals surface area contributed by atoms with Crippen LogP contribution in [0.3, 0.4) is 0 Å². The van der Waals surface area contributed by atoms with Gasteiger partial charge in [-0.05, 0) is 30.7 Å². The van der Waals surface area contributed by atoms with Crippen LogP contribution in [0, 0.1) is 12.3 Å². The van der Waals surface area contributed by atoms with Gasteiger partial charge >= 0.3 is 0 Å². The van der Waals surface area contributed by atoms with Gasteiger partial charge in [-0.3, -0.25) is 4.79 Å². The molecule has 0 bridgehead atoms. The molecule has 0 saturated carbocycles. The van der Waals surface area contributed by atoms with Crippen molar-refractivity contribution in [3.63, 3.8) is 0 Å². The maximum absolute atomic E-state index is 12.0. The Kier molecular flexibility index (Phi) is 4.71. The Morgan fingerprint density at radius 2 is 2.06 bits per heavy atom. The number of amides is 1. The second-order valence-corrected chi connectivity index (χ2v) is 5.82. The molecule has 1 rings (SSSR count). The molecule has 0 unspecified atom stereocenters. The van der Waals surface area contributed by atoms with E-state index in [1.807, 2.05) is 20.8 Å². The number of nitrogens with one attached hydrogen (secondary N) is 1. The van der Waals surface area contributed by atoms with Crippen LogP contribution in [0.2, 0.25) is 5.02 Å². The van der Waals surface area contributed by atoms with Crippen molar-refractivity contribution in [3.05, 3.63) is 34.3 Å². The van der Waals surface area contributed by atoms with Crippen molar-refractivity contribution in [1.29, 1.82) is 0 Å². The van der Waals surface area contributed by atoms with Gasteiger partial charge in [0.15, 0.2) is 0 Å². The van der Waals surface area contributed by atoms with E-state index in [1.54, 1.807) is 18.2 Å². The molecule has 0 spiro atoms. The third-order valence-electron chi connectivity index (χ3n) is 2.66. The first-order valence-electron chi connectivity index (χ1n) is 5.58. The van der Waals surface area contributed by atoms with Crippen molar-refractivity contribution in [2.45, 2.75) is 20.8 Å². The van der Waals surface area contributed by atoms with E-state index in [2.05, 4.69) is 5.32 Å². The first-order chi connectivity index (χ1) is 8.22. The zero-order valence-electron chi connectivity index (χ0n) is 10.7. The van der Waals surface area contributed by atoms with Crippen LogP contribution in [0.25, 0.3) is 0 Å². The van der Waals surface area contributed by atoms with Gasteiger partial charge < -0.3 is 11.1 Å². The molecular weight excluding hydrogens is 268 g/mol. The molecule has 0 saturated heterocycles. The van der Waals surface area contributed by atoms with Crippen molar-refractivity contribution in [2.75, 3.05) is 6.54 Å². The Morgan fingerprint density at radius 3 is 2.56 bits per heavy atom. The third-order valence-corrected chi connectivity index (χ3v) is 3.43. The minimum absolute atomic E-state index is 0.176. The number of benzene rings is 1. The third kappa shape index (κ3) is 3.96. The molecule has 5 heteroatoms. The Bertz CT molecular complexity index is 466. The molecule has 0 aromatic heterocycles. The van der Waals surface area contributed by atoms with E-state index < -0.39 is 5.41 Å². The molecule has 18 heavy (non-hydrogen) atoms. The summed E-state index contributed by atoms with van der Waals surface area (Å²) in [6.45, 7) is 6.06. The number of halogens is 1. The quantitative estimate of drug-likeness (QED) is 0.836. The molecule has 98 valence electrons. The Hall–Kier alpha value is -1.13. The zero-order valence-corrected chi connectivity index (χ0v) is 12.3. The highest BCUT2D eigenvalue weighted by Gasteiger charge is 2.22. The topological polar surface area (TPSA) is 55.1 Å². The second-order valence-electron chi connectivity index (χ2n) is 4.95. The Balaban J connectivity index is 2.75. The summed E-state index contributed by atoms with van der Waals surface area (Å²) in [6.07, 6.45) is 0. The number of carbonyl (C=O) groups is 1. The van der Waals surface area contributed by atoms with Crippen LogP contribution in [0.15, 0.2) is 18.2 Å². The van der Waals surface area contributed by atoms with Gasteiger partial charge in [0.05, 0.1) is 4.99 Å².